The van der Waals surface area contributed by atoms with E-state index in [2.05, 4.69) is 30.8 Å². The van der Waals surface area contributed by atoms with Gasteiger partial charge in [0.1, 0.15) is 17.4 Å². The first-order chi connectivity index (χ1) is 15.7. The molecule has 12 heteroatoms. The van der Waals surface area contributed by atoms with Gasteiger partial charge in [-0.25, -0.2) is 4.98 Å². The van der Waals surface area contributed by atoms with Gasteiger partial charge in [-0.3, -0.25) is 14.9 Å². The Morgan fingerprint density at radius 1 is 1.21 bits per heavy atom. The summed E-state index contributed by atoms with van der Waals surface area (Å²) in [7, 11) is 0. The Morgan fingerprint density at radius 2 is 2.03 bits per heavy atom. The summed E-state index contributed by atoms with van der Waals surface area (Å²) >= 11 is 0. The van der Waals surface area contributed by atoms with Crippen molar-refractivity contribution in [3.63, 3.8) is 0 Å². The maximum atomic E-state index is 12.6. The summed E-state index contributed by atoms with van der Waals surface area (Å²) < 4.78 is 43.2. The number of anilines is 3. The second-order valence-corrected chi connectivity index (χ2v) is 7.70. The molecule has 170 valence electrons. The minimum absolute atomic E-state index is 0.0344. The van der Waals surface area contributed by atoms with Crippen LogP contribution in [0.25, 0.3) is 11.7 Å². The number of hydrogen-bond acceptors (Lipinski definition) is 7. The summed E-state index contributed by atoms with van der Waals surface area (Å²) in [5, 5.41) is 12.9. The number of carbonyl (C=O) groups excluding carboxylic acids is 2. The number of carbonyl (C=O) groups is 2. The fourth-order valence-electron chi connectivity index (χ4n) is 3.41. The molecule has 3 aromatic rings. The quantitative estimate of drug-likeness (QED) is 0.384. The van der Waals surface area contributed by atoms with Crippen molar-refractivity contribution in [1.82, 2.24) is 19.9 Å². The highest BCUT2D eigenvalue weighted by molar-refractivity contribution is 6.15. The molecule has 0 radical (unpaired) electrons. The molecular formula is C21H17F3N6O3. The zero-order chi connectivity index (χ0) is 23.2. The Balaban J connectivity index is 1.51. The monoisotopic (exact) mass is 458 g/mol. The molecule has 0 spiro atoms. The maximum absolute atomic E-state index is 12.6. The van der Waals surface area contributed by atoms with E-state index in [1.807, 2.05) is 0 Å². The number of rotatable bonds is 6. The van der Waals surface area contributed by atoms with Gasteiger partial charge in [0, 0.05) is 35.0 Å². The van der Waals surface area contributed by atoms with E-state index in [0.717, 1.165) is 12.8 Å². The molecule has 0 bridgehead atoms. The van der Waals surface area contributed by atoms with Crippen LogP contribution in [0.5, 0.6) is 5.75 Å². The van der Waals surface area contributed by atoms with E-state index in [1.54, 1.807) is 22.7 Å². The van der Waals surface area contributed by atoms with Gasteiger partial charge in [-0.15, -0.1) is 13.2 Å². The Morgan fingerprint density at radius 3 is 2.73 bits per heavy atom. The van der Waals surface area contributed by atoms with Crippen molar-refractivity contribution < 1.29 is 27.5 Å². The average Bonchev–Trinajstić information content (AvgIpc) is 3.36. The lowest BCUT2D eigenvalue weighted by molar-refractivity contribution is -0.274. The lowest BCUT2D eigenvalue weighted by Gasteiger charge is -2.13. The van der Waals surface area contributed by atoms with Crippen LogP contribution in [-0.2, 0) is 9.59 Å². The molecule has 0 unspecified atom stereocenters. The lowest BCUT2D eigenvalue weighted by atomic mass is 10.1. The van der Waals surface area contributed by atoms with Gasteiger partial charge in [-0.1, -0.05) is 6.07 Å². The molecule has 2 amide bonds. The number of amides is 2. The molecule has 1 aliphatic heterocycles. The maximum Gasteiger partial charge on any atom is 0.573 e. The Hall–Kier alpha value is -4.09. The van der Waals surface area contributed by atoms with Crippen molar-refractivity contribution in [1.29, 1.82) is 0 Å². The number of fused-ring (bicyclic) bond motifs is 1. The van der Waals surface area contributed by atoms with Gasteiger partial charge in [0.05, 0.1) is 12.6 Å². The van der Waals surface area contributed by atoms with Gasteiger partial charge >= 0.3 is 6.36 Å². The summed E-state index contributed by atoms with van der Waals surface area (Å²) in [5.41, 5.74) is 1.56. The number of nitrogens with one attached hydrogen (secondary N) is 3. The third-order valence-electron chi connectivity index (χ3n) is 4.99. The molecule has 3 N–H and O–H groups in total. The third kappa shape index (κ3) is 4.73. The van der Waals surface area contributed by atoms with Gasteiger partial charge in [0.2, 0.25) is 5.91 Å². The van der Waals surface area contributed by atoms with E-state index in [4.69, 9.17) is 0 Å². The van der Waals surface area contributed by atoms with Gasteiger partial charge in [0.25, 0.3) is 5.91 Å². The molecule has 2 aromatic heterocycles. The molecule has 0 atom stereocenters. The molecule has 1 aliphatic carbocycles. The number of halogens is 3. The normalized spacial score (nSPS) is 17.5. The largest absolute Gasteiger partial charge is 0.573 e. The minimum atomic E-state index is -4.80. The van der Waals surface area contributed by atoms with Gasteiger partial charge in [-0.2, -0.15) is 9.61 Å². The molecule has 5 rings (SSSR count). The molecule has 1 saturated heterocycles. The number of hydrogen-bond donors (Lipinski definition) is 3. The van der Waals surface area contributed by atoms with Crippen LogP contribution in [0.4, 0.5) is 30.5 Å². The second-order valence-electron chi connectivity index (χ2n) is 7.70. The smallest absolute Gasteiger partial charge is 0.406 e. The van der Waals surface area contributed by atoms with Gasteiger partial charge in [-0.05, 0) is 31.1 Å². The number of benzene rings is 1. The van der Waals surface area contributed by atoms with Crippen molar-refractivity contribution in [3.8, 4) is 5.75 Å². The summed E-state index contributed by atoms with van der Waals surface area (Å²) in [6.07, 6.45) is 0.259. The fraction of sp³-hybridized carbons (Fsp3) is 0.238. The Kier molecular flexibility index (Phi) is 4.91. The molecular weight excluding hydrogens is 441 g/mol. The van der Waals surface area contributed by atoms with E-state index in [0.29, 0.717) is 34.1 Å². The number of nitrogens with zero attached hydrogens (tertiary/aromatic N) is 3. The van der Waals surface area contributed by atoms with Crippen LogP contribution >= 0.6 is 0 Å². The van der Waals surface area contributed by atoms with E-state index in [1.165, 1.54) is 24.4 Å². The first-order valence-electron chi connectivity index (χ1n) is 10.1. The van der Waals surface area contributed by atoms with Crippen LogP contribution in [0.2, 0.25) is 0 Å². The first kappa shape index (κ1) is 20.8. The predicted molar refractivity (Wildman–Crippen MR) is 112 cm³/mol. The number of alkyl halides is 3. The molecule has 33 heavy (non-hydrogen) atoms. The second kappa shape index (κ2) is 7.80. The predicted octanol–water partition coefficient (Wildman–Crippen LogP) is 3.38. The number of imide groups is 1. The van der Waals surface area contributed by atoms with E-state index in [-0.39, 0.29) is 24.1 Å². The third-order valence-corrected chi connectivity index (χ3v) is 4.99. The van der Waals surface area contributed by atoms with Crippen molar-refractivity contribution in [2.45, 2.75) is 31.7 Å². The highest BCUT2D eigenvalue weighted by atomic mass is 19.4. The number of aromatic nitrogens is 3. The minimum Gasteiger partial charge on any atom is -0.406 e. The van der Waals surface area contributed by atoms with Gasteiger partial charge < -0.3 is 15.4 Å². The highest BCUT2D eigenvalue weighted by Gasteiger charge is 2.31. The zero-order valence-corrected chi connectivity index (χ0v) is 16.9. The molecule has 3 heterocycles. The van der Waals surface area contributed by atoms with Crippen molar-refractivity contribution >= 4 is 40.9 Å². The van der Waals surface area contributed by atoms with Crippen LogP contribution in [-0.4, -0.2) is 38.8 Å². The Bertz CT molecular complexity index is 1300. The van der Waals surface area contributed by atoms with Crippen molar-refractivity contribution in [3.05, 3.63) is 47.7 Å². The lowest BCUT2D eigenvalue weighted by Crippen LogP contribution is -2.19. The first-order valence-corrected chi connectivity index (χ1v) is 10.1. The molecule has 9 nitrogen and oxygen atoms in total. The fourth-order valence-corrected chi connectivity index (χ4v) is 3.41. The van der Waals surface area contributed by atoms with E-state index >= 15 is 0 Å². The van der Waals surface area contributed by atoms with Crippen LogP contribution in [0.1, 0.15) is 24.8 Å². The average molecular weight is 458 g/mol. The summed E-state index contributed by atoms with van der Waals surface area (Å²) in [6.45, 7) is 0. The van der Waals surface area contributed by atoms with Crippen LogP contribution in [0.15, 0.2) is 42.1 Å². The van der Waals surface area contributed by atoms with Crippen LogP contribution < -0.4 is 20.7 Å². The summed E-state index contributed by atoms with van der Waals surface area (Å²) in [6, 6.07) is 7.40. The summed E-state index contributed by atoms with van der Waals surface area (Å²) in [4.78, 5) is 28.0. The topological polar surface area (TPSA) is 110 Å². The molecule has 2 aliphatic rings. The zero-order valence-electron chi connectivity index (χ0n) is 16.9. The van der Waals surface area contributed by atoms with Crippen LogP contribution in [0, 0.1) is 0 Å². The Labute approximate surface area is 184 Å². The molecule has 1 aromatic carbocycles. The standard InChI is InChI=1S/C21H17F3N6O3/c22-21(23,24)33-15-3-1-2-14(8-15)26-16-9-17(27-13-4-5-13)30-19(28-16)12(10-25-30)6-11-7-18(31)29-20(11)32/h1-3,6,8-10,13,27H,4-5,7H2,(H,26,28)(H,29,31,32). The van der Waals surface area contributed by atoms with Crippen LogP contribution in [0.3, 0.4) is 0 Å². The van der Waals surface area contributed by atoms with Gasteiger partial charge in [0.15, 0.2) is 5.65 Å². The van der Waals surface area contributed by atoms with Crippen molar-refractivity contribution in [2.24, 2.45) is 0 Å². The number of ether oxygens (including phenoxy) is 1. The SMILES string of the molecule is O=C1CC(=Cc2cnn3c(NC4CC4)cc(Nc4cccc(OC(F)(F)F)c4)nc23)C(=O)N1. The summed E-state index contributed by atoms with van der Waals surface area (Å²) in [5.74, 6) is -0.232. The molecule has 1 saturated carbocycles. The van der Waals surface area contributed by atoms with E-state index < -0.39 is 12.3 Å². The van der Waals surface area contributed by atoms with E-state index in [9.17, 15) is 22.8 Å². The van der Waals surface area contributed by atoms with Crippen molar-refractivity contribution in [2.75, 3.05) is 10.6 Å². The highest BCUT2D eigenvalue weighted by Crippen LogP contribution is 2.30. The molecule has 2 fully saturated rings.